The van der Waals surface area contributed by atoms with Crippen LogP contribution in [0.4, 0.5) is 4.39 Å². The topological polar surface area (TPSA) is 30.0 Å². The molecule has 0 bridgehead atoms. The standard InChI is InChI=1S/C12H10FNO/c1-8(15)10-5-11-9(6-13)3-2-4-12(11)14-7-10/h2-5,7H,6H2,1H3. The van der Waals surface area contributed by atoms with Crippen LogP contribution in [-0.4, -0.2) is 10.8 Å². The van der Waals surface area contributed by atoms with Crippen LogP contribution < -0.4 is 0 Å². The lowest BCUT2D eigenvalue weighted by Crippen LogP contribution is -1.94. The summed E-state index contributed by atoms with van der Waals surface area (Å²) in [5.41, 5.74) is 1.81. The van der Waals surface area contributed by atoms with E-state index in [1.807, 2.05) is 0 Å². The molecule has 0 fully saturated rings. The van der Waals surface area contributed by atoms with Crippen molar-refractivity contribution in [2.75, 3.05) is 0 Å². The van der Waals surface area contributed by atoms with E-state index in [4.69, 9.17) is 0 Å². The van der Waals surface area contributed by atoms with Crippen molar-refractivity contribution in [2.45, 2.75) is 13.6 Å². The molecule has 0 saturated heterocycles. The second-order valence-electron chi connectivity index (χ2n) is 3.40. The predicted molar refractivity (Wildman–Crippen MR) is 56.6 cm³/mol. The molecule has 1 heterocycles. The molecule has 0 aliphatic carbocycles. The normalized spacial score (nSPS) is 10.5. The highest BCUT2D eigenvalue weighted by Gasteiger charge is 2.05. The highest BCUT2D eigenvalue weighted by molar-refractivity contribution is 5.97. The summed E-state index contributed by atoms with van der Waals surface area (Å²) in [6.07, 6.45) is 1.52. The van der Waals surface area contributed by atoms with Gasteiger partial charge in [-0.15, -0.1) is 0 Å². The van der Waals surface area contributed by atoms with E-state index in [2.05, 4.69) is 4.98 Å². The number of nitrogens with zero attached hydrogens (tertiary/aromatic N) is 1. The zero-order valence-corrected chi connectivity index (χ0v) is 8.33. The number of halogens is 1. The molecule has 76 valence electrons. The van der Waals surface area contributed by atoms with E-state index in [1.54, 1.807) is 24.3 Å². The monoisotopic (exact) mass is 203 g/mol. The lowest BCUT2D eigenvalue weighted by Gasteiger charge is -2.03. The molecule has 0 atom stereocenters. The number of rotatable bonds is 2. The summed E-state index contributed by atoms with van der Waals surface area (Å²) in [6.45, 7) is 0.932. The highest BCUT2D eigenvalue weighted by Crippen LogP contribution is 2.19. The van der Waals surface area contributed by atoms with Crippen LogP contribution >= 0.6 is 0 Å². The summed E-state index contributed by atoms with van der Waals surface area (Å²) in [4.78, 5) is 15.3. The van der Waals surface area contributed by atoms with Crippen LogP contribution in [0, 0.1) is 0 Å². The summed E-state index contributed by atoms with van der Waals surface area (Å²) in [6, 6.07) is 6.96. The molecule has 1 aromatic heterocycles. The number of aromatic nitrogens is 1. The number of alkyl halides is 1. The van der Waals surface area contributed by atoms with Gasteiger partial charge in [0, 0.05) is 17.1 Å². The van der Waals surface area contributed by atoms with E-state index >= 15 is 0 Å². The third-order valence-corrected chi connectivity index (χ3v) is 2.37. The fourth-order valence-corrected chi connectivity index (χ4v) is 1.52. The minimum absolute atomic E-state index is 0.0574. The van der Waals surface area contributed by atoms with Gasteiger partial charge in [-0.25, -0.2) is 4.39 Å². The first kappa shape index (κ1) is 9.77. The second kappa shape index (κ2) is 3.77. The molecule has 2 rings (SSSR count). The molecule has 0 amide bonds. The van der Waals surface area contributed by atoms with Gasteiger partial charge >= 0.3 is 0 Å². The molecule has 0 saturated carbocycles. The van der Waals surface area contributed by atoms with Gasteiger partial charge in [0.1, 0.15) is 6.67 Å². The molecule has 2 aromatic rings. The second-order valence-corrected chi connectivity index (χ2v) is 3.40. The maximum atomic E-state index is 12.7. The average molecular weight is 203 g/mol. The van der Waals surface area contributed by atoms with Crippen LogP contribution in [-0.2, 0) is 6.67 Å². The van der Waals surface area contributed by atoms with Crippen molar-refractivity contribution in [1.82, 2.24) is 4.98 Å². The molecule has 15 heavy (non-hydrogen) atoms. The molecule has 2 nitrogen and oxygen atoms in total. The Balaban J connectivity index is 2.72. The fourth-order valence-electron chi connectivity index (χ4n) is 1.52. The number of carbonyl (C=O) groups is 1. The Labute approximate surface area is 86.8 Å². The SMILES string of the molecule is CC(=O)c1cnc2cccc(CF)c2c1. The van der Waals surface area contributed by atoms with E-state index in [1.165, 1.54) is 13.1 Å². The number of fused-ring (bicyclic) bond motifs is 1. The largest absolute Gasteiger partial charge is 0.294 e. The van der Waals surface area contributed by atoms with Crippen molar-refractivity contribution in [3.63, 3.8) is 0 Å². The van der Waals surface area contributed by atoms with Crippen LogP contribution in [0.5, 0.6) is 0 Å². The number of pyridine rings is 1. The zero-order chi connectivity index (χ0) is 10.8. The molecular formula is C12H10FNO. The molecule has 3 heteroatoms. The van der Waals surface area contributed by atoms with Gasteiger partial charge < -0.3 is 0 Å². The summed E-state index contributed by atoms with van der Waals surface area (Å²) >= 11 is 0. The number of benzene rings is 1. The molecule has 0 aliphatic heterocycles. The third kappa shape index (κ3) is 1.73. The van der Waals surface area contributed by atoms with E-state index < -0.39 is 6.67 Å². The van der Waals surface area contributed by atoms with E-state index in [0.717, 1.165) is 5.52 Å². The highest BCUT2D eigenvalue weighted by atomic mass is 19.1. The smallest absolute Gasteiger partial charge is 0.161 e. The van der Waals surface area contributed by atoms with Crippen molar-refractivity contribution in [1.29, 1.82) is 0 Å². The quantitative estimate of drug-likeness (QED) is 0.702. The van der Waals surface area contributed by atoms with Gasteiger partial charge in [-0.1, -0.05) is 12.1 Å². The average Bonchev–Trinajstić information content (AvgIpc) is 2.27. The van der Waals surface area contributed by atoms with Gasteiger partial charge in [0.2, 0.25) is 0 Å². The van der Waals surface area contributed by atoms with Crippen LogP contribution in [0.2, 0.25) is 0 Å². The number of carbonyl (C=O) groups excluding carboxylic acids is 1. The van der Waals surface area contributed by atoms with Crippen molar-refractivity contribution in [3.8, 4) is 0 Å². The Hall–Kier alpha value is -1.77. The fraction of sp³-hybridized carbons (Fsp3) is 0.167. The van der Waals surface area contributed by atoms with E-state index in [-0.39, 0.29) is 5.78 Å². The number of Topliss-reactive ketones (excluding diaryl/α,β-unsaturated/α-hetero) is 1. The van der Waals surface area contributed by atoms with Crippen LogP contribution in [0.3, 0.4) is 0 Å². The first-order valence-corrected chi connectivity index (χ1v) is 4.67. The minimum atomic E-state index is -0.541. The summed E-state index contributed by atoms with van der Waals surface area (Å²) in [5.74, 6) is -0.0574. The Kier molecular flexibility index (Phi) is 2.46. The van der Waals surface area contributed by atoms with Gasteiger partial charge in [0.05, 0.1) is 5.52 Å². The van der Waals surface area contributed by atoms with Crippen LogP contribution in [0.1, 0.15) is 22.8 Å². The Morgan fingerprint density at radius 3 is 2.93 bits per heavy atom. The van der Waals surface area contributed by atoms with Gasteiger partial charge in [-0.05, 0) is 24.6 Å². The van der Waals surface area contributed by atoms with Gasteiger partial charge in [0.25, 0.3) is 0 Å². The molecule has 0 N–H and O–H groups in total. The minimum Gasteiger partial charge on any atom is -0.294 e. The summed E-state index contributed by atoms with van der Waals surface area (Å²) in [5, 5.41) is 0.715. The van der Waals surface area contributed by atoms with E-state index in [9.17, 15) is 9.18 Å². The number of ketones is 1. The maximum absolute atomic E-state index is 12.7. The molecule has 0 radical (unpaired) electrons. The first-order chi connectivity index (χ1) is 7.22. The lowest BCUT2D eigenvalue weighted by molar-refractivity contribution is 0.101. The molecule has 0 aliphatic rings. The van der Waals surface area contributed by atoms with Crippen LogP contribution in [0.25, 0.3) is 10.9 Å². The Morgan fingerprint density at radius 2 is 2.27 bits per heavy atom. The summed E-state index contributed by atoms with van der Waals surface area (Å²) in [7, 11) is 0. The first-order valence-electron chi connectivity index (χ1n) is 4.67. The molecular weight excluding hydrogens is 193 g/mol. The van der Waals surface area contributed by atoms with Gasteiger partial charge in [0.15, 0.2) is 5.78 Å². The molecule has 1 aromatic carbocycles. The zero-order valence-electron chi connectivity index (χ0n) is 8.33. The van der Waals surface area contributed by atoms with Gasteiger partial charge in [-0.2, -0.15) is 0 Å². The van der Waals surface area contributed by atoms with Gasteiger partial charge in [-0.3, -0.25) is 9.78 Å². The lowest BCUT2D eigenvalue weighted by atomic mass is 10.1. The van der Waals surface area contributed by atoms with Crippen molar-refractivity contribution in [3.05, 3.63) is 41.6 Å². The van der Waals surface area contributed by atoms with Crippen molar-refractivity contribution >= 4 is 16.7 Å². The van der Waals surface area contributed by atoms with Crippen molar-refractivity contribution in [2.24, 2.45) is 0 Å². The molecule has 0 unspecified atom stereocenters. The summed E-state index contributed by atoms with van der Waals surface area (Å²) < 4.78 is 12.7. The Bertz CT molecular complexity index is 522. The maximum Gasteiger partial charge on any atom is 0.161 e. The third-order valence-electron chi connectivity index (χ3n) is 2.37. The predicted octanol–water partition coefficient (Wildman–Crippen LogP) is 2.91. The van der Waals surface area contributed by atoms with Crippen LogP contribution in [0.15, 0.2) is 30.5 Å². The number of hydrogen-bond donors (Lipinski definition) is 0. The Morgan fingerprint density at radius 1 is 1.47 bits per heavy atom. The van der Waals surface area contributed by atoms with E-state index in [0.29, 0.717) is 16.5 Å². The van der Waals surface area contributed by atoms with Crippen molar-refractivity contribution < 1.29 is 9.18 Å². The number of hydrogen-bond acceptors (Lipinski definition) is 2. The molecule has 0 spiro atoms.